The van der Waals surface area contributed by atoms with Crippen molar-refractivity contribution in [1.82, 2.24) is 9.21 Å². The van der Waals surface area contributed by atoms with Crippen LogP contribution < -0.4 is 0 Å². The second kappa shape index (κ2) is 6.91. The van der Waals surface area contributed by atoms with E-state index in [1.807, 2.05) is 11.0 Å². The van der Waals surface area contributed by atoms with Crippen molar-refractivity contribution in [1.29, 1.82) is 0 Å². The van der Waals surface area contributed by atoms with Crippen molar-refractivity contribution < 1.29 is 13.2 Å². The number of hydrogen-bond acceptors (Lipinski definition) is 4. The molecule has 2 aliphatic heterocycles. The fraction of sp³-hybridized carbons (Fsp3) is 0.688. The largest absolute Gasteiger partial charge is 0.339 e. The summed E-state index contributed by atoms with van der Waals surface area (Å²) in [6.07, 6.45) is 3.02. The van der Waals surface area contributed by atoms with Gasteiger partial charge < -0.3 is 4.90 Å². The Morgan fingerprint density at radius 2 is 2.17 bits per heavy atom. The number of fused-ring (bicyclic) bond motifs is 1. The van der Waals surface area contributed by atoms with Crippen LogP contribution in [0.2, 0.25) is 0 Å². The molecule has 0 N–H and O–H groups in total. The van der Waals surface area contributed by atoms with E-state index in [-0.39, 0.29) is 23.6 Å². The van der Waals surface area contributed by atoms with Gasteiger partial charge in [0.1, 0.15) is 0 Å². The lowest BCUT2D eigenvalue weighted by Gasteiger charge is -2.46. The van der Waals surface area contributed by atoms with Crippen molar-refractivity contribution in [2.45, 2.75) is 38.6 Å². The number of piperidine rings is 2. The summed E-state index contributed by atoms with van der Waals surface area (Å²) in [4.78, 5) is 15.7. The number of rotatable bonds is 5. The zero-order valence-corrected chi connectivity index (χ0v) is 15.1. The SMILES string of the molecule is CCS(=O)(=O)N1CC[C@@H]2[C@@H](CCC(=O)N2CCc2cccs2)C1. The molecule has 0 saturated carbocycles. The second-order valence-corrected chi connectivity index (χ2v) is 9.62. The van der Waals surface area contributed by atoms with Crippen LogP contribution in [0.25, 0.3) is 0 Å². The van der Waals surface area contributed by atoms with Gasteiger partial charge >= 0.3 is 0 Å². The van der Waals surface area contributed by atoms with Crippen LogP contribution in [-0.4, -0.2) is 55.0 Å². The van der Waals surface area contributed by atoms with Crippen molar-refractivity contribution >= 4 is 27.3 Å². The molecule has 1 aromatic heterocycles. The Labute approximate surface area is 142 Å². The van der Waals surface area contributed by atoms with E-state index >= 15 is 0 Å². The molecule has 1 amide bonds. The average Bonchev–Trinajstić information content (AvgIpc) is 3.07. The first-order valence-corrected chi connectivity index (χ1v) is 10.8. The standard InChI is InChI=1S/C16H24N2O3S2/c1-2-23(20,21)17-9-8-15-13(12-17)5-6-16(19)18(15)10-7-14-4-3-11-22-14/h3-4,11,13,15H,2,5-10,12H2,1H3/t13-,15+/m0/s1. The Balaban J connectivity index is 1.67. The molecule has 23 heavy (non-hydrogen) atoms. The second-order valence-electron chi connectivity index (χ2n) is 6.33. The van der Waals surface area contributed by atoms with E-state index in [1.54, 1.807) is 22.6 Å². The van der Waals surface area contributed by atoms with Gasteiger partial charge in [0.25, 0.3) is 0 Å². The monoisotopic (exact) mass is 356 g/mol. The third-order valence-corrected chi connectivity index (χ3v) is 7.83. The maximum atomic E-state index is 12.3. The number of carbonyl (C=O) groups is 1. The van der Waals surface area contributed by atoms with Crippen molar-refractivity contribution in [3.05, 3.63) is 22.4 Å². The van der Waals surface area contributed by atoms with Gasteiger partial charge in [-0.05, 0) is 43.6 Å². The number of thiophene rings is 1. The van der Waals surface area contributed by atoms with Crippen LogP contribution >= 0.6 is 11.3 Å². The van der Waals surface area contributed by atoms with Crippen LogP contribution in [0.3, 0.4) is 0 Å². The van der Waals surface area contributed by atoms with Gasteiger partial charge in [-0.1, -0.05) is 6.07 Å². The first kappa shape index (κ1) is 16.9. The highest BCUT2D eigenvalue weighted by molar-refractivity contribution is 7.89. The Bertz CT molecular complexity index is 642. The van der Waals surface area contributed by atoms with E-state index in [2.05, 4.69) is 11.4 Å². The number of nitrogens with zero attached hydrogens (tertiary/aromatic N) is 2. The van der Waals surface area contributed by atoms with E-state index in [0.717, 1.165) is 25.8 Å². The Morgan fingerprint density at radius 3 is 2.87 bits per heavy atom. The predicted octanol–water partition coefficient (Wildman–Crippen LogP) is 1.95. The van der Waals surface area contributed by atoms with E-state index in [0.29, 0.717) is 19.5 Å². The fourth-order valence-electron chi connectivity index (χ4n) is 3.73. The normalized spacial score (nSPS) is 26.3. The third-order valence-electron chi connectivity index (χ3n) is 5.04. The summed E-state index contributed by atoms with van der Waals surface area (Å²) in [6.45, 7) is 3.56. The fourth-order valence-corrected chi connectivity index (χ4v) is 5.59. The molecule has 2 aliphatic rings. The maximum absolute atomic E-state index is 12.3. The van der Waals surface area contributed by atoms with Gasteiger partial charge in [-0.3, -0.25) is 4.79 Å². The lowest BCUT2D eigenvalue weighted by atomic mass is 9.84. The molecule has 2 saturated heterocycles. The summed E-state index contributed by atoms with van der Waals surface area (Å²) in [5.74, 6) is 0.673. The molecule has 0 unspecified atom stereocenters. The quantitative estimate of drug-likeness (QED) is 0.810. The first-order chi connectivity index (χ1) is 11.0. The minimum Gasteiger partial charge on any atom is -0.339 e. The molecular weight excluding hydrogens is 332 g/mol. The molecule has 7 heteroatoms. The summed E-state index contributed by atoms with van der Waals surface area (Å²) in [6, 6.07) is 4.35. The molecule has 3 rings (SSSR count). The predicted molar refractivity (Wildman–Crippen MR) is 91.9 cm³/mol. The first-order valence-electron chi connectivity index (χ1n) is 8.31. The Morgan fingerprint density at radius 1 is 1.35 bits per heavy atom. The van der Waals surface area contributed by atoms with E-state index in [4.69, 9.17) is 0 Å². The highest BCUT2D eigenvalue weighted by Gasteiger charge is 2.41. The number of likely N-dealkylation sites (tertiary alicyclic amines) is 1. The van der Waals surface area contributed by atoms with Gasteiger partial charge in [-0.2, -0.15) is 0 Å². The lowest BCUT2D eigenvalue weighted by molar-refractivity contribution is -0.140. The topological polar surface area (TPSA) is 57.7 Å². The highest BCUT2D eigenvalue weighted by atomic mass is 32.2. The lowest BCUT2D eigenvalue weighted by Crippen LogP contribution is -2.57. The van der Waals surface area contributed by atoms with Crippen LogP contribution in [0.1, 0.15) is 31.1 Å². The van der Waals surface area contributed by atoms with Gasteiger partial charge in [0.2, 0.25) is 15.9 Å². The molecule has 1 aromatic rings. The highest BCUT2D eigenvalue weighted by Crippen LogP contribution is 2.32. The Kier molecular flexibility index (Phi) is 5.08. The van der Waals surface area contributed by atoms with Gasteiger partial charge in [0, 0.05) is 37.0 Å². The van der Waals surface area contributed by atoms with Gasteiger partial charge in [-0.25, -0.2) is 12.7 Å². The van der Waals surface area contributed by atoms with Gasteiger partial charge in [-0.15, -0.1) is 11.3 Å². The van der Waals surface area contributed by atoms with E-state index in [1.165, 1.54) is 4.88 Å². The minimum atomic E-state index is -3.12. The molecule has 0 aromatic carbocycles. The Hall–Kier alpha value is -0.920. The average molecular weight is 357 g/mol. The third kappa shape index (κ3) is 3.61. The molecule has 0 aliphatic carbocycles. The van der Waals surface area contributed by atoms with Crippen molar-refractivity contribution in [3.8, 4) is 0 Å². The van der Waals surface area contributed by atoms with Gasteiger partial charge in [0.15, 0.2) is 0 Å². The molecule has 0 spiro atoms. The van der Waals surface area contributed by atoms with E-state index < -0.39 is 10.0 Å². The van der Waals surface area contributed by atoms with Gasteiger partial charge in [0.05, 0.1) is 5.75 Å². The zero-order chi connectivity index (χ0) is 16.4. The number of carbonyl (C=O) groups excluding carboxylic acids is 1. The molecule has 3 heterocycles. The van der Waals surface area contributed by atoms with Crippen molar-refractivity contribution in [3.63, 3.8) is 0 Å². The summed E-state index contributed by atoms with van der Waals surface area (Å²) >= 11 is 1.72. The van der Waals surface area contributed by atoms with Crippen LogP contribution in [0.4, 0.5) is 0 Å². The molecule has 2 fully saturated rings. The number of sulfonamides is 1. The minimum absolute atomic E-state index is 0.158. The molecule has 0 radical (unpaired) electrons. The molecule has 0 bridgehead atoms. The van der Waals surface area contributed by atoms with E-state index in [9.17, 15) is 13.2 Å². The van der Waals surface area contributed by atoms with Crippen molar-refractivity contribution in [2.75, 3.05) is 25.4 Å². The zero-order valence-electron chi connectivity index (χ0n) is 13.5. The molecule has 5 nitrogen and oxygen atoms in total. The number of hydrogen-bond donors (Lipinski definition) is 0. The molecular formula is C16H24N2O3S2. The summed E-state index contributed by atoms with van der Waals surface area (Å²) in [5, 5.41) is 2.06. The van der Waals surface area contributed by atoms with Crippen LogP contribution in [0, 0.1) is 5.92 Å². The van der Waals surface area contributed by atoms with Crippen LogP contribution in [-0.2, 0) is 21.2 Å². The summed E-state index contributed by atoms with van der Waals surface area (Å²) < 4.78 is 25.8. The van der Waals surface area contributed by atoms with Crippen molar-refractivity contribution in [2.24, 2.45) is 5.92 Å². The van der Waals surface area contributed by atoms with Crippen LogP contribution in [0.5, 0.6) is 0 Å². The molecule has 2 atom stereocenters. The number of amides is 1. The smallest absolute Gasteiger partial charge is 0.222 e. The van der Waals surface area contributed by atoms with Crippen LogP contribution in [0.15, 0.2) is 17.5 Å². The maximum Gasteiger partial charge on any atom is 0.222 e. The molecule has 128 valence electrons. The summed E-state index contributed by atoms with van der Waals surface area (Å²) in [5.41, 5.74) is 0. The summed E-state index contributed by atoms with van der Waals surface area (Å²) in [7, 11) is -3.12.